The van der Waals surface area contributed by atoms with E-state index < -0.39 is 11.7 Å². The monoisotopic (exact) mass is 264 g/mol. The maximum atomic E-state index is 12.5. The summed E-state index contributed by atoms with van der Waals surface area (Å²) in [5.41, 5.74) is -0.309. The first-order valence-electron chi connectivity index (χ1n) is 7.06. The van der Waals surface area contributed by atoms with E-state index in [-0.39, 0.29) is 11.2 Å². The zero-order valence-electron chi connectivity index (χ0n) is 11.2. The van der Waals surface area contributed by atoms with Gasteiger partial charge < -0.3 is 9.84 Å². The van der Waals surface area contributed by atoms with Gasteiger partial charge in [-0.15, -0.1) is 0 Å². The fraction of sp³-hybridized carbons (Fsp3) is 0.733. The predicted molar refractivity (Wildman–Crippen MR) is 68.3 cm³/mol. The van der Waals surface area contributed by atoms with Gasteiger partial charge in [0.05, 0.1) is 7.11 Å². The second kappa shape index (κ2) is 4.36. The topological polar surface area (TPSA) is 63.6 Å². The molecule has 4 fully saturated rings. The first-order chi connectivity index (χ1) is 9.02. The van der Waals surface area contributed by atoms with Crippen molar-refractivity contribution >= 4 is 11.8 Å². The van der Waals surface area contributed by atoms with Gasteiger partial charge in [0, 0.05) is 11.5 Å². The molecule has 0 aliphatic heterocycles. The summed E-state index contributed by atoms with van der Waals surface area (Å²) in [5.74, 6) is 0.535. The summed E-state index contributed by atoms with van der Waals surface area (Å²) in [6.45, 7) is 0. The number of esters is 1. The van der Waals surface area contributed by atoms with Gasteiger partial charge in [-0.05, 0) is 56.3 Å². The molecule has 0 amide bonds. The van der Waals surface area contributed by atoms with Gasteiger partial charge in [0.2, 0.25) is 5.76 Å². The molecule has 19 heavy (non-hydrogen) atoms. The molecule has 0 saturated heterocycles. The van der Waals surface area contributed by atoms with Gasteiger partial charge in [-0.3, -0.25) is 4.79 Å². The molecule has 0 aromatic rings. The molecule has 4 saturated carbocycles. The molecule has 0 unspecified atom stereocenters. The van der Waals surface area contributed by atoms with Crippen LogP contribution in [0.2, 0.25) is 0 Å². The van der Waals surface area contributed by atoms with Crippen LogP contribution in [-0.4, -0.2) is 24.0 Å². The third-order valence-corrected chi connectivity index (χ3v) is 5.22. The Morgan fingerprint density at radius 1 is 1.11 bits per heavy atom. The van der Waals surface area contributed by atoms with Crippen molar-refractivity contribution in [1.29, 1.82) is 0 Å². The van der Waals surface area contributed by atoms with Crippen LogP contribution in [0.3, 0.4) is 0 Å². The molecule has 4 aliphatic carbocycles. The average molecular weight is 264 g/mol. The van der Waals surface area contributed by atoms with Crippen LogP contribution in [0.5, 0.6) is 0 Å². The molecule has 0 heterocycles. The molecule has 4 rings (SSSR count). The van der Waals surface area contributed by atoms with E-state index >= 15 is 0 Å². The van der Waals surface area contributed by atoms with E-state index in [0.717, 1.165) is 25.3 Å². The van der Waals surface area contributed by atoms with Crippen LogP contribution in [0.1, 0.15) is 38.5 Å². The number of hydrogen-bond acceptors (Lipinski definition) is 4. The zero-order chi connectivity index (χ0) is 13.6. The molecule has 4 nitrogen and oxygen atoms in total. The highest BCUT2D eigenvalue weighted by Gasteiger charge is 2.53. The molecule has 0 aromatic heterocycles. The summed E-state index contributed by atoms with van der Waals surface area (Å²) >= 11 is 0. The lowest BCUT2D eigenvalue weighted by Gasteiger charge is -2.55. The van der Waals surface area contributed by atoms with Crippen LogP contribution in [0, 0.1) is 23.2 Å². The number of ether oxygens (including phenoxy) is 1. The third kappa shape index (κ3) is 2.07. The van der Waals surface area contributed by atoms with Crippen molar-refractivity contribution in [2.24, 2.45) is 23.2 Å². The number of allylic oxidation sites excluding steroid dienone is 1. The van der Waals surface area contributed by atoms with Gasteiger partial charge in [0.25, 0.3) is 0 Å². The zero-order valence-corrected chi connectivity index (χ0v) is 11.2. The molecule has 0 radical (unpaired) electrons. The Bertz CT molecular complexity index is 414. The molecule has 4 bridgehead atoms. The Kier molecular flexibility index (Phi) is 2.91. The highest BCUT2D eigenvalue weighted by molar-refractivity contribution is 6.01. The van der Waals surface area contributed by atoms with E-state index in [9.17, 15) is 14.7 Å². The lowest BCUT2D eigenvalue weighted by Crippen LogP contribution is -2.49. The molecular weight excluding hydrogens is 244 g/mol. The Morgan fingerprint density at radius 2 is 1.58 bits per heavy atom. The maximum Gasteiger partial charge on any atom is 0.373 e. The first kappa shape index (κ1) is 12.7. The summed E-state index contributed by atoms with van der Waals surface area (Å²) in [6, 6.07) is 0. The Labute approximate surface area is 112 Å². The summed E-state index contributed by atoms with van der Waals surface area (Å²) in [7, 11) is 1.20. The summed E-state index contributed by atoms with van der Waals surface area (Å²) in [5, 5.41) is 9.56. The highest BCUT2D eigenvalue weighted by Crippen LogP contribution is 2.60. The fourth-order valence-electron chi connectivity index (χ4n) is 4.85. The summed E-state index contributed by atoms with van der Waals surface area (Å²) < 4.78 is 4.42. The van der Waals surface area contributed by atoms with E-state index in [4.69, 9.17) is 0 Å². The van der Waals surface area contributed by atoms with Gasteiger partial charge in [0.1, 0.15) is 0 Å². The summed E-state index contributed by atoms with van der Waals surface area (Å²) in [4.78, 5) is 23.7. The number of rotatable bonds is 3. The number of carbonyl (C=O) groups excluding carboxylic acids is 2. The molecule has 4 heteroatoms. The normalized spacial score (nSPS) is 40.3. The number of aliphatic hydroxyl groups excluding tert-OH is 1. The van der Waals surface area contributed by atoms with Crippen molar-refractivity contribution in [3.8, 4) is 0 Å². The van der Waals surface area contributed by atoms with Crippen LogP contribution in [0.4, 0.5) is 0 Å². The molecule has 0 atom stereocenters. The maximum absolute atomic E-state index is 12.5. The predicted octanol–water partition coefficient (Wildman–Crippen LogP) is 2.39. The van der Waals surface area contributed by atoms with Gasteiger partial charge >= 0.3 is 5.97 Å². The van der Waals surface area contributed by atoms with Crippen molar-refractivity contribution in [1.82, 2.24) is 0 Å². The first-order valence-corrected chi connectivity index (χ1v) is 7.06. The number of aliphatic hydroxyl groups is 1. The summed E-state index contributed by atoms with van der Waals surface area (Å²) in [6.07, 6.45) is 7.69. The minimum atomic E-state index is -0.835. The van der Waals surface area contributed by atoms with Gasteiger partial charge in [-0.25, -0.2) is 4.79 Å². The lowest BCUT2D eigenvalue weighted by atomic mass is 9.48. The van der Waals surface area contributed by atoms with Gasteiger partial charge in [-0.1, -0.05) is 0 Å². The smallest absolute Gasteiger partial charge is 0.373 e. The SMILES string of the molecule is COC(=O)/C(O)=C/C(=O)C12CC3CC(CC(C3)C1)C2. The van der Waals surface area contributed by atoms with E-state index in [0.29, 0.717) is 17.8 Å². The van der Waals surface area contributed by atoms with Crippen molar-refractivity contribution in [3.63, 3.8) is 0 Å². The molecule has 1 N–H and O–H groups in total. The quantitative estimate of drug-likeness (QED) is 0.483. The van der Waals surface area contributed by atoms with Crippen LogP contribution < -0.4 is 0 Å². The van der Waals surface area contributed by atoms with E-state index in [1.54, 1.807) is 0 Å². The van der Waals surface area contributed by atoms with Crippen LogP contribution in [0.25, 0.3) is 0 Å². The number of carbonyl (C=O) groups is 2. The van der Waals surface area contributed by atoms with Gasteiger partial charge in [0.15, 0.2) is 5.78 Å². The molecule has 4 aliphatic rings. The van der Waals surface area contributed by atoms with Gasteiger partial charge in [-0.2, -0.15) is 0 Å². The highest BCUT2D eigenvalue weighted by atomic mass is 16.5. The van der Waals surface area contributed by atoms with Crippen molar-refractivity contribution in [2.45, 2.75) is 38.5 Å². The number of methoxy groups -OCH3 is 1. The minimum absolute atomic E-state index is 0.0745. The minimum Gasteiger partial charge on any atom is -0.502 e. The van der Waals surface area contributed by atoms with E-state index in [1.165, 1.54) is 26.4 Å². The molecule has 0 aromatic carbocycles. The largest absolute Gasteiger partial charge is 0.502 e. The van der Waals surface area contributed by atoms with E-state index in [1.807, 2.05) is 0 Å². The van der Waals surface area contributed by atoms with Crippen LogP contribution in [0.15, 0.2) is 11.8 Å². The fourth-order valence-corrected chi connectivity index (χ4v) is 4.85. The molecule has 0 spiro atoms. The Balaban J connectivity index is 1.82. The van der Waals surface area contributed by atoms with Crippen LogP contribution >= 0.6 is 0 Å². The van der Waals surface area contributed by atoms with E-state index in [2.05, 4.69) is 4.74 Å². The average Bonchev–Trinajstić information content (AvgIpc) is 2.36. The van der Waals surface area contributed by atoms with Crippen molar-refractivity contribution in [2.75, 3.05) is 7.11 Å². The number of hydrogen-bond donors (Lipinski definition) is 1. The second-order valence-electron chi connectivity index (χ2n) is 6.58. The van der Waals surface area contributed by atoms with Crippen molar-refractivity contribution < 1.29 is 19.4 Å². The number of ketones is 1. The second-order valence-corrected chi connectivity index (χ2v) is 6.58. The van der Waals surface area contributed by atoms with Crippen LogP contribution in [-0.2, 0) is 14.3 Å². The van der Waals surface area contributed by atoms with Crippen molar-refractivity contribution in [3.05, 3.63) is 11.8 Å². The standard InChI is InChI=1S/C15H20O4/c1-19-14(18)12(16)5-13(17)15-6-9-2-10(7-15)4-11(3-9)8-15/h5,9-11,16H,2-4,6-8H2,1H3/b12-5-. The molecule has 104 valence electrons. The Morgan fingerprint density at radius 3 is 2.00 bits per heavy atom. The third-order valence-electron chi connectivity index (χ3n) is 5.22. The molecular formula is C15H20O4. The lowest BCUT2D eigenvalue weighted by molar-refractivity contribution is -0.142. The Hall–Kier alpha value is -1.32.